The van der Waals surface area contributed by atoms with E-state index in [1.165, 1.54) is 11.2 Å². The highest BCUT2D eigenvalue weighted by Crippen LogP contribution is 2.39. The molecule has 0 bridgehead atoms. The number of carboxylic acid groups (broad SMARTS) is 2. The van der Waals surface area contributed by atoms with Crippen LogP contribution in [0.5, 0.6) is 0 Å². The van der Waals surface area contributed by atoms with Crippen LogP contribution in [-0.2, 0) is 34.4 Å². The summed E-state index contributed by atoms with van der Waals surface area (Å²) >= 11 is 0.561. The molecule has 0 aliphatic carbocycles. The van der Waals surface area contributed by atoms with E-state index in [1.807, 2.05) is 0 Å². The Balaban J connectivity index is 0.000000625. The number of aliphatic carboxylic acids is 2. The van der Waals surface area contributed by atoms with Crippen molar-refractivity contribution < 1.29 is 46.5 Å². The third-order valence-electron chi connectivity index (χ3n) is 5.14. The molecule has 36 heavy (non-hydrogen) atoms. The molecule has 3 heterocycles. The molecule has 0 saturated carbocycles. The summed E-state index contributed by atoms with van der Waals surface area (Å²) in [4.78, 5) is 34.3. The lowest BCUT2D eigenvalue weighted by Crippen LogP contribution is -2.50. The molecule has 1 fully saturated rings. The number of sulfonamides is 2. The molecular formula is C18H27ClN4O10S3. The van der Waals surface area contributed by atoms with Crippen LogP contribution in [-0.4, -0.2) is 110 Å². The number of aliphatic hydroxyl groups is 1. The standard InChI is InChI=1S/C14H22N4O6S3.C4H4O4.ClH/c1-10(19)17-5-2-16(3-6-17)4-7-18-9-12(20)11-8-13(26(15,21)22)25-14(11)27(18,23)24;5-3(6)1-2-4(7)8;/h8,12,20H,2-7,9H2,1H3,(H2,15,21,22);1-2H,(H,5,6)(H,7,8);1H/b;2-1-;. The van der Waals surface area contributed by atoms with E-state index < -0.39 is 38.1 Å². The fourth-order valence-electron chi connectivity index (χ4n) is 3.34. The minimum Gasteiger partial charge on any atom is -0.478 e. The maximum Gasteiger partial charge on any atom is 0.328 e. The maximum absolute atomic E-state index is 12.8. The molecule has 1 amide bonds. The number of halogens is 1. The molecule has 2 aliphatic heterocycles. The molecule has 0 aromatic carbocycles. The van der Waals surface area contributed by atoms with Crippen molar-refractivity contribution in [2.75, 3.05) is 45.8 Å². The number of rotatable bonds is 6. The fourth-order valence-corrected chi connectivity index (χ4v) is 7.58. The number of hydrogen-bond acceptors (Lipinski definition) is 10. The van der Waals surface area contributed by atoms with Gasteiger partial charge in [-0.2, -0.15) is 4.31 Å². The van der Waals surface area contributed by atoms with Crippen molar-refractivity contribution in [3.8, 4) is 0 Å². The summed E-state index contributed by atoms with van der Waals surface area (Å²) in [5.74, 6) is -2.49. The predicted octanol–water partition coefficient (Wildman–Crippen LogP) is -1.27. The summed E-state index contributed by atoms with van der Waals surface area (Å²) in [6.07, 6.45) is 0.00911. The summed E-state index contributed by atoms with van der Waals surface area (Å²) in [5.41, 5.74) is 0.0790. The SMILES string of the molecule is CC(=O)N1CCN(CCN2CC(O)c3cc(S(N)(=O)=O)sc3S2(=O)=O)CC1.Cl.O=C(O)/C=C\C(=O)O. The number of hydrogen-bond donors (Lipinski definition) is 4. The molecule has 1 unspecified atom stereocenters. The van der Waals surface area contributed by atoms with E-state index in [0.29, 0.717) is 56.2 Å². The highest BCUT2D eigenvalue weighted by molar-refractivity contribution is 7.94. The number of nitrogens with two attached hydrogens (primary N) is 1. The van der Waals surface area contributed by atoms with Crippen LogP contribution < -0.4 is 5.14 Å². The first-order chi connectivity index (χ1) is 16.1. The van der Waals surface area contributed by atoms with Gasteiger partial charge in [0.15, 0.2) is 0 Å². The molecule has 1 aromatic rings. The third kappa shape index (κ3) is 8.48. The minimum absolute atomic E-state index is 0. The van der Waals surface area contributed by atoms with Crippen molar-refractivity contribution in [3.63, 3.8) is 0 Å². The highest BCUT2D eigenvalue weighted by Gasteiger charge is 2.39. The van der Waals surface area contributed by atoms with Gasteiger partial charge in [-0.25, -0.2) is 31.6 Å². The van der Waals surface area contributed by atoms with E-state index in [-0.39, 0.29) is 45.4 Å². The van der Waals surface area contributed by atoms with E-state index in [2.05, 4.69) is 4.90 Å². The van der Waals surface area contributed by atoms with Gasteiger partial charge in [0.1, 0.15) is 8.42 Å². The quantitative estimate of drug-likeness (QED) is 0.286. The van der Waals surface area contributed by atoms with Crippen LogP contribution in [0.15, 0.2) is 26.6 Å². The number of piperazine rings is 1. The number of carbonyl (C=O) groups is 3. The number of primary sulfonamides is 1. The second-order valence-corrected chi connectivity index (χ2v) is 12.6. The number of β-amino-alcohol motifs (C(OH)–C–C–N with tert-alkyl or cyclic N) is 1. The molecule has 5 N–H and O–H groups in total. The van der Waals surface area contributed by atoms with Crippen LogP contribution in [0, 0.1) is 0 Å². The van der Waals surface area contributed by atoms with Crippen molar-refractivity contribution in [2.45, 2.75) is 21.4 Å². The normalized spacial score (nSPS) is 20.1. The second kappa shape index (κ2) is 12.9. The molecular weight excluding hydrogens is 564 g/mol. The molecule has 1 aromatic heterocycles. The number of amides is 1. The van der Waals surface area contributed by atoms with Crippen LogP contribution in [0.25, 0.3) is 0 Å². The van der Waals surface area contributed by atoms with E-state index in [0.717, 1.165) is 6.07 Å². The number of carboxylic acids is 2. The van der Waals surface area contributed by atoms with Crippen molar-refractivity contribution in [1.82, 2.24) is 14.1 Å². The Morgan fingerprint density at radius 3 is 2.08 bits per heavy atom. The van der Waals surface area contributed by atoms with Crippen LogP contribution in [0.1, 0.15) is 18.6 Å². The molecule has 3 rings (SSSR count). The van der Waals surface area contributed by atoms with Crippen LogP contribution in [0.2, 0.25) is 0 Å². The molecule has 1 atom stereocenters. The minimum atomic E-state index is -4.05. The highest BCUT2D eigenvalue weighted by atomic mass is 35.5. The van der Waals surface area contributed by atoms with Gasteiger partial charge in [0.05, 0.1) is 6.10 Å². The van der Waals surface area contributed by atoms with Crippen molar-refractivity contribution in [2.24, 2.45) is 5.14 Å². The van der Waals surface area contributed by atoms with Gasteiger partial charge in [-0.3, -0.25) is 9.69 Å². The Morgan fingerprint density at radius 2 is 1.64 bits per heavy atom. The molecule has 0 radical (unpaired) electrons. The van der Waals surface area contributed by atoms with Gasteiger partial charge in [0, 0.05) is 70.5 Å². The number of aliphatic hydroxyl groups excluding tert-OH is 1. The van der Waals surface area contributed by atoms with Gasteiger partial charge < -0.3 is 20.2 Å². The summed E-state index contributed by atoms with van der Waals surface area (Å²) < 4.78 is 49.4. The Morgan fingerprint density at radius 1 is 1.11 bits per heavy atom. The number of thiophene rings is 1. The largest absolute Gasteiger partial charge is 0.478 e. The van der Waals surface area contributed by atoms with Gasteiger partial charge >= 0.3 is 11.9 Å². The smallest absolute Gasteiger partial charge is 0.328 e. The predicted molar refractivity (Wildman–Crippen MR) is 130 cm³/mol. The first kappa shape index (κ1) is 31.9. The Hall–Kier alpha value is -2.12. The van der Waals surface area contributed by atoms with Crippen molar-refractivity contribution in [1.29, 1.82) is 0 Å². The first-order valence-electron chi connectivity index (χ1n) is 10.1. The second-order valence-electron chi connectivity index (χ2n) is 7.59. The van der Waals surface area contributed by atoms with Gasteiger partial charge in [-0.05, 0) is 6.07 Å². The molecule has 18 heteroatoms. The van der Waals surface area contributed by atoms with E-state index in [9.17, 15) is 36.3 Å². The Labute approximate surface area is 218 Å². The van der Waals surface area contributed by atoms with Gasteiger partial charge in [0.25, 0.3) is 10.0 Å². The topological polar surface area (TPSA) is 216 Å². The number of nitrogens with zero attached hydrogens (tertiary/aromatic N) is 3. The summed E-state index contributed by atoms with van der Waals surface area (Å²) in [6, 6.07) is 1.13. The first-order valence-corrected chi connectivity index (χ1v) is 13.9. The zero-order valence-corrected chi connectivity index (χ0v) is 22.3. The lowest BCUT2D eigenvalue weighted by Gasteiger charge is -2.36. The lowest BCUT2D eigenvalue weighted by molar-refractivity contribution is -0.134. The van der Waals surface area contributed by atoms with Crippen LogP contribution >= 0.6 is 23.7 Å². The van der Waals surface area contributed by atoms with E-state index >= 15 is 0 Å². The molecule has 14 nitrogen and oxygen atoms in total. The Kier molecular flexibility index (Phi) is 11.4. The molecule has 2 aliphatic rings. The van der Waals surface area contributed by atoms with E-state index in [4.69, 9.17) is 15.4 Å². The average molecular weight is 591 g/mol. The summed E-state index contributed by atoms with van der Waals surface area (Å²) in [6.45, 7) is 4.50. The monoisotopic (exact) mass is 590 g/mol. The van der Waals surface area contributed by atoms with Crippen LogP contribution in [0.4, 0.5) is 0 Å². The molecule has 1 saturated heterocycles. The van der Waals surface area contributed by atoms with Crippen molar-refractivity contribution >= 4 is 61.6 Å². The van der Waals surface area contributed by atoms with Gasteiger partial charge in [-0.15, -0.1) is 23.7 Å². The molecule has 0 spiro atoms. The fraction of sp³-hybridized carbons (Fsp3) is 0.500. The number of carbonyl (C=O) groups excluding carboxylic acids is 1. The third-order valence-corrected chi connectivity index (χ3v) is 10.1. The summed E-state index contributed by atoms with van der Waals surface area (Å²) in [5, 5.41) is 31.0. The molecule has 204 valence electrons. The Bertz CT molecular complexity index is 1190. The van der Waals surface area contributed by atoms with Gasteiger partial charge in [0.2, 0.25) is 15.9 Å². The number of fused-ring (bicyclic) bond motifs is 1. The summed E-state index contributed by atoms with van der Waals surface area (Å²) in [7, 11) is -7.95. The lowest BCUT2D eigenvalue weighted by atomic mass is 10.2. The van der Waals surface area contributed by atoms with E-state index in [1.54, 1.807) is 4.90 Å². The zero-order valence-electron chi connectivity index (χ0n) is 19.0. The zero-order chi connectivity index (χ0) is 26.6. The van der Waals surface area contributed by atoms with Crippen molar-refractivity contribution in [3.05, 3.63) is 23.8 Å². The van der Waals surface area contributed by atoms with Gasteiger partial charge in [-0.1, -0.05) is 0 Å². The average Bonchev–Trinajstić information content (AvgIpc) is 3.23. The van der Waals surface area contributed by atoms with Crippen LogP contribution in [0.3, 0.4) is 0 Å². The maximum atomic E-state index is 12.8.